The zero-order chi connectivity index (χ0) is 12.3. The number of ether oxygens (including phenoxy) is 1. The summed E-state index contributed by atoms with van der Waals surface area (Å²) >= 11 is 4.77. The second kappa shape index (κ2) is 4.93. The van der Waals surface area contributed by atoms with Gasteiger partial charge in [-0.1, -0.05) is 12.2 Å². The van der Waals surface area contributed by atoms with Crippen LogP contribution in [0.15, 0.2) is 0 Å². The first-order chi connectivity index (χ1) is 7.38. The second-order valence-electron chi connectivity index (χ2n) is 3.27. The summed E-state index contributed by atoms with van der Waals surface area (Å²) in [7, 11) is -2.84. The molecule has 1 aliphatic heterocycles. The summed E-state index contributed by atoms with van der Waals surface area (Å²) in [5.74, 6) is 0. The maximum Gasteiger partial charge on any atom is 0.421 e. The molecule has 9 heteroatoms. The van der Waals surface area contributed by atoms with Crippen LogP contribution in [-0.4, -0.2) is 43.5 Å². The van der Waals surface area contributed by atoms with Crippen molar-refractivity contribution in [3.05, 3.63) is 0 Å². The minimum atomic E-state index is -3.92. The van der Waals surface area contributed by atoms with Crippen molar-refractivity contribution >= 4 is 33.5 Å². The van der Waals surface area contributed by atoms with Crippen LogP contribution >= 0.6 is 12.2 Å². The largest absolute Gasteiger partial charge is 0.452 e. The maximum absolute atomic E-state index is 11.7. The summed E-state index contributed by atoms with van der Waals surface area (Å²) in [4.78, 5) is 11.0. The van der Waals surface area contributed by atoms with Crippen molar-refractivity contribution in [2.45, 2.75) is 18.9 Å². The number of hydrogen-bond acceptors (Lipinski definition) is 5. The molecule has 0 aromatic carbocycles. The van der Waals surface area contributed by atoms with Crippen molar-refractivity contribution in [3.63, 3.8) is 0 Å². The van der Waals surface area contributed by atoms with E-state index >= 15 is 0 Å². The Balaban J connectivity index is 2.83. The van der Waals surface area contributed by atoms with Crippen LogP contribution in [0.4, 0.5) is 4.79 Å². The average Bonchev–Trinajstić information content (AvgIpc) is 2.65. The standard InChI is InChI=1S/C7H13N3O4S2/c1-14-7(11)9-16(12,13)10-4-2-3-5(10)6(8)15/h5H,2-4H2,1H3,(H2,8,15)(H,9,11). The molecular formula is C7H13N3O4S2. The predicted octanol–water partition coefficient (Wildman–Crippen LogP) is -0.662. The molecule has 1 amide bonds. The summed E-state index contributed by atoms with van der Waals surface area (Å²) in [6.07, 6.45) is 0.190. The fraction of sp³-hybridized carbons (Fsp3) is 0.714. The van der Waals surface area contributed by atoms with Gasteiger partial charge < -0.3 is 10.5 Å². The van der Waals surface area contributed by atoms with Crippen molar-refractivity contribution in [2.24, 2.45) is 5.73 Å². The van der Waals surface area contributed by atoms with Crippen LogP contribution in [0.2, 0.25) is 0 Å². The lowest BCUT2D eigenvalue weighted by Crippen LogP contribution is -2.49. The third-order valence-corrected chi connectivity index (χ3v) is 3.99. The Bertz CT molecular complexity index is 394. The Kier molecular flexibility index (Phi) is 4.05. The summed E-state index contributed by atoms with van der Waals surface area (Å²) in [6.45, 7) is 0.286. The second-order valence-corrected chi connectivity index (χ2v) is 5.36. The highest BCUT2D eigenvalue weighted by molar-refractivity contribution is 7.87. The molecule has 1 fully saturated rings. The quantitative estimate of drug-likeness (QED) is 0.658. The Morgan fingerprint density at radius 2 is 2.25 bits per heavy atom. The molecule has 92 valence electrons. The van der Waals surface area contributed by atoms with Crippen LogP contribution in [-0.2, 0) is 14.9 Å². The first-order valence-electron chi connectivity index (χ1n) is 4.55. The zero-order valence-electron chi connectivity index (χ0n) is 8.67. The van der Waals surface area contributed by atoms with Gasteiger partial charge in [-0.05, 0) is 12.8 Å². The molecule has 0 aromatic heterocycles. The normalized spacial score (nSPS) is 21.7. The van der Waals surface area contributed by atoms with Crippen LogP contribution in [0, 0.1) is 0 Å². The SMILES string of the molecule is COC(=O)NS(=O)(=O)N1CCCC1C(N)=S. The Hall–Kier alpha value is -0.930. The third-order valence-electron chi connectivity index (χ3n) is 2.24. The van der Waals surface area contributed by atoms with Crippen molar-refractivity contribution in [2.75, 3.05) is 13.7 Å². The van der Waals surface area contributed by atoms with Gasteiger partial charge in [-0.3, -0.25) is 0 Å². The van der Waals surface area contributed by atoms with E-state index in [4.69, 9.17) is 18.0 Å². The smallest absolute Gasteiger partial charge is 0.421 e. The number of carbonyl (C=O) groups is 1. The van der Waals surface area contributed by atoms with Gasteiger partial charge in [-0.15, -0.1) is 0 Å². The molecule has 1 aliphatic rings. The van der Waals surface area contributed by atoms with Gasteiger partial charge in [-0.25, -0.2) is 9.52 Å². The van der Waals surface area contributed by atoms with Gasteiger partial charge >= 0.3 is 16.3 Å². The lowest BCUT2D eigenvalue weighted by atomic mass is 10.2. The summed E-state index contributed by atoms with van der Waals surface area (Å²) < 4.78 is 30.5. The lowest BCUT2D eigenvalue weighted by Gasteiger charge is -2.22. The fourth-order valence-corrected chi connectivity index (χ4v) is 3.16. The van der Waals surface area contributed by atoms with Gasteiger partial charge in [0.1, 0.15) is 0 Å². The molecule has 1 rings (SSSR count). The highest BCUT2D eigenvalue weighted by Crippen LogP contribution is 2.20. The number of methoxy groups -OCH3 is 1. The van der Waals surface area contributed by atoms with Crippen molar-refractivity contribution in [1.29, 1.82) is 0 Å². The molecule has 0 spiro atoms. The number of amides is 1. The monoisotopic (exact) mass is 267 g/mol. The highest BCUT2D eigenvalue weighted by Gasteiger charge is 2.36. The molecule has 1 atom stereocenters. The predicted molar refractivity (Wildman–Crippen MR) is 61.0 cm³/mol. The van der Waals surface area contributed by atoms with Crippen LogP contribution in [0.25, 0.3) is 0 Å². The molecule has 0 radical (unpaired) electrons. The minimum Gasteiger partial charge on any atom is -0.452 e. The topological polar surface area (TPSA) is 102 Å². The van der Waals surface area contributed by atoms with Gasteiger partial charge in [-0.2, -0.15) is 12.7 Å². The van der Waals surface area contributed by atoms with E-state index in [1.165, 1.54) is 0 Å². The fourth-order valence-electron chi connectivity index (χ4n) is 1.52. The van der Waals surface area contributed by atoms with Crippen molar-refractivity contribution in [3.8, 4) is 0 Å². The van der Waals surface area contributed by atoms with E-state index in [2.05, 4.69) is 4.74 Å². The van der Waals surface area contributed by atoms with Crippen molar-refractivity contribution in [1.82, 2.24) is 9.03 Å². The first kappa shape index (κ1) is 13.1. The van der Waals surface area contributed by atoms with E-state index in [1.807, 2.05) is 0 Å². The van der Waals surface area contributed by atoms with Gasteiger partial charge in [0.2, 0.25) is 0 Å². The Labute approximate surface area is 99.1 Å². The van der Waals surface area contributed by atoms with Crippen molar-refractivity contribution < 1.29 is 17.9 Å². The highest BCUT2D eigenvalue weighted by atomic mass is 32.2. The van der Waals surface area contributed by atoms with E-state index in [0.717, 1.165) is 11.4 Å². The summed E-state index contributed by atoms with van der Waals surface area (Å²) in [6, 6.07) is -0.530. The Morgan fingerprint density at radius 3 is 2.75 bits per heavy atom. The van der Waals surface area contributed by atoms with E-state index in [-0.39, 0.29) is 11.5 Å². The van der Waals surface area contributed by atoms with Crippen LogP contribution in [0.5, 0.6) is 0 Å². The third kappa shape index (κ3) is 2.80. The van der Waals surface area contributed by atoms with Crippen LogP contribution in [0.1, 0.15) is 12.8 Å². The van der Waals surface area contributed by atoms with E-state index < -0.39 is 22.3 Å². The number of rotatable bonds is 3. The number of nitrogens with zero attached hydrogens (tertiary/aromatic N) is 1. The number of nitrogens with one attached hydrogen (secondary N) is 1. The number of carbonyl (C=O) groups excluding carboxylic acids is 1. The number of nitrogens with two attached hydrogens (primary N) is 1. The molecule has 0 bridgehead atoms. The van der Waals surface area contributed by atoms with Gasteiger partial charge in [0.25, 0.3) is 0 Å². The molecule has 0 aliphatic carbocycles. The summed E-state index contributed by atoms with van der Waals surface area (Å²) in [5, 5.41) is 0. The Morgan fingerprint density at radius 1 is 1.62 bits per heavy atom. The molecule has 1 unspecified atom stereocenters. The molecule has 16 heavy (non-hydrogen) atoms. The molecule has 1 saturated heterocycles. The van der Waals surface area contributed by atoms with E-state index in [1.54, 1.807) is 4.72 Å². The van der Waals surface area contributed by atoms with Crippen LogP contribution in [0.3, 0.4) is 0 Å². The van der Waals surface area contributed by atoms with Crippen LogP contribution < -0.4 is 10.5 Å². The molecule has 1 heterocycles. The number of thiocarbonyl (C=S) groups is 1. The maximum atomic E-state index is 11.7. The average molecular weight is 267 g/mol. The van der Waals surface area contributed by atoms with Gasteiger partial charge in [0.15, 0.2) is 0 Å². The zero-order valence-corrected chi connectivity index (χ0v) is 10.3. The molecular weight excluding hydrogens is 254 g/mol. The van der Waals surface area contributed by atoms with E-state index in [9.17, 15) is 13.2 Å². The van der Waals surface area contributed by atoms with E-state index in [0.29, 0.717) is 12.8 Å². The molecule has 0 aromatic rings. The first-order valence-corrected chi connectivity index (χ1v) is 6.40. The molecule has 0 saturated carbocycles. The van der Waals surface area contributed by atoms with Gasteiger partial charge in [0.05, 0.1) is 18.1 Å². The minimum absolute atomic E-state index is 0.104. The lowest BCUT2D eigenvalue weighted by molar-refractivity contribution is 0.177. The molecule has 3 N–H and O–H groups in total. The summed E-state index contributed by atoms with van der Waals surface area (Å²) in [5.41, 5.74) is 5.43. The van der Waals surface area contributed by atoms with Gasteiger partial charge in [0, 0.05) is 6.54 Å². The molecule has 7 nitrogen and oxygen atoms in total. The number of hydrogen-bond donors (Lipinski definition) is 2.